The maximum atomic E-state index is 11.6. The average molecular weight is 362 g/mol. The number of carbonyl (C=O) groups excluding carboxylic acids is 1. The highest BCUT2D eigenvalue weighted by Gasteiger charge is 2.26. The fraction of sp³-hybridized carbons (Fsp3) is 0.273. The molecule has 0 saturated carbocycles. The Kier molecular flexibility index (Phi) is 4.69. The molecule has 1 aliphatic rings. The number of aliphatic hydroxyl groups is 1. The van der Waals surface area contributed by atoms with Crippen molar-refractivity contribution in [3.05, 3.63) is 34.0 Å². The monoisotopic (exact) mass is 360 g/mol. The summed E-state index contributed by atoms with van der Waals surface area (Å²) in [7, 11) is 0. The highest BCUT2D eigenvalue weighted by Crippen LogP contribution is 2.33. The molecule has 0 aromatic heterocycles. The second kappa shape index (κ2) is 5.63. The SMILES string of the molecule is CC=C(C#N)C(=O)NC1=C(Br)CC(O)(Br)C=C1. The zero-order chi connectivity index (χ0) is 13.1. The lowest BCUT2D eigenvalue weighted by Crippen LogP contribution is -2.28. The van der Waals surface area contributed by atoms with Crippen molar-refractivity contribution in [1.29, 1.82) is 5.26 Å². The van der Waals surface area contributed by atoms with Crippen LogP contribution < -0.4 is 5.32 Å². The minimum absolute atomic E-state index is 0.0471. The van der Waals surface area contributed by atoms with Crippen molar-refractivity contribution in [2.24, 2.45) is 0 Å². The van der Waals surface area contributed by atoms with E-state index >= 15 is 0 Å². The number of alkyl halides is 1. The van der Waals surface area contributed by atoms with E-state index in [0.717, 1.165) is 0 Å². The van der Waals surface area contributed by atoms with E-state index in [9.17, 15) is 9.90 Å². The van der Waals surface area contributed by atoms with E-state index in [0.29, 0.717) is 16.6 Å². The van der Waals surface area contributed by atoms with E-state index in [1.54, 1.807) is 19.1 Å². The standard InChI is InChI=1S/C11H10Br2N2O2/c1-2-7(6-14)10(16)15-9-3-4-11(13,17)5-8(9)12/h2-4,17H,5H2,1H3,(H,15,16). The van der Waals surface area contributed by atoms with E-state index in [2.05, 4.69) is 37.2 Å². The van der Waals surface area contributed by atoms with Crippen molar-refractivity contribution < 1.29 is 9.90 Å². The maximum Gasteiger partial charge on any atom is 0.265 e. The lowest BCUT2D eigenvalue weighted by atomic mass is 10.1. The molecule has 17 heavy (non-hydrogen) atoms. The minimum atomic E-state index is -1.10. The number of allylic oxidation sites excluding steroid dienone is 2. The van der Waals surface area contributed by atoms with Crippen molar-refractivity contribution in [3.63, 3.8) is 0 Å². The Morgan fingerprint density at radius 2 is 2.41 bits per heavy atom. The van der Waals surface area contributed by atoms with Gasteiger partial charge in [-0.1, -0.05) is 22.0 Å². The summed E-state index contributed by atoms with van der Waals surface area (Å²) in [5.41, 5.74) is 0.583. The Labute approximate surface area is 116 Å². The lowest BCUT2D eigenvalue weighted by Gasteiger charge is -2.22. The number of hydrogen-bond acceptors (Lipinski definition) is 3. The van der Waals surface area contributed by atoms with Gasteiger partial charge in [0.25, 0.3) is 5.91 Å². The van der Waals surface area contributed by atoms with E-state index in [4.69, 9.17) is 5.26 Å². The van der Waals surface area contributed by atoms with Crippen molar-refractivity contribution in [2.45, 2.75) is 17.9 Å². The Balaban J connectivity index is 2.83. The molecule has 0 aliphatic heterocycles. The summed E-state index contributed by atoms with van der Waals surface area (Å²) in [6.45, 7) is 1.62. The number of amides is 1. The van der Waals surface area contributed by atoms with Crippen LogP contribution in [-0.4, -0.2) is 15.5 Å². The number of rotatable bonds is 2. The molecule has 0 fully saturated rings. The second-order valence-electron chi connectivity index (χ2n) is 3.42. The van der Waals surface area contributed by atoms with Gasteiger partial charge in [-0.15, -0.1) is 0 Å². The van der Waals surface area contributed by atoms with Crippen molar-refractivity contribution in [2.75, 3.05) is 0 Å². The summed E-state index contributed by atoms with van der Waals surface area (Å²) in [5, 5.41) is 21.0. The number of nitrogens with one attached hydrogen (secondary N) is 1. The van der Waals surface area contributed by atoms with Crippen LogP contribution in [0.4, 0.5) is 0 Å². The molecule has 0 aromatic carbocycles. The van der Waals surface area contributed by atoms with Crippen LogP contribution in [0.25, 0.3) is 0 Å². The molecule has 2 N–H and O–H groups in total. The lowest BCUT2D eigenvalue weighted by molar-refractivity contribution is -0.116. The van der Waals surface area contributed by atoms with Crippen molar-refractivity contribution in [3.8, 4) is 6.07 Å². The molecule has 1 atom stereocenters. The van der Waals surface area contributed by atoms with E-state index in [1.165, 1.54) is 12.2 Å². The Bertz CT molecular complexity index is 470. The smallest absolute Gasteiger partial charge is 0.265 e. The van der Waals surface area contributed by atoms with Gasteiger partial charge in [-0.05, 0) is 35.0 Å². The predicted octanol–water partition coefficient (Wildman–Crippen LogP) is 2.22. The van der Waals surface area contributed by atoms with Crippen LogP contribution in [0.15, 0.2) is 34.0 Å². The first-order valence-electron chi connectivity index (χ1n) is 4.76. The molecule has 0 spiro atoms. The zero-order valence-corrected chi connectivity index (χ0v) is 12.2. The summed E-state index contributed by atoms with van der Waals surface area (Å²) >= 11 is 6.38. The van der Waals surface area contributed by atoms with Crippen molar-refractivity contribution >= 4 is 37.8 Å². The molecule has 0 heterocycles. The minimum Gasteiger partial charge on any atom is -0.375 e. The summed E-state index contributed by atoms with van der Waals surface area (Å²) < 4.78 is -0.445. The Hall–Kier alpha value is -0.900. The molecule has 0 aromatic rings. The van der Waals surface area contributed by atoms with Gasteiger partial charge in [0.2, 0.25) is 0 Å². The molecule has 4 nitrogen and oxygen atoms in total. The summed E-state index contributed by atoms with van der Waals surface area (Å²) in [6, 6.07) is 1.80. The van der Waals surface area contributed by atoms with Crippen LogP contribution in [0.3, 0.4) is 0 Å². The number of halogens is 2. The second-order valence-corrected chi connectivity index (χ2v) is 5.75. The van der Waals surface area contributed by atoms with Gasteiger partial charge in [0.05, 0.1) is 5.70 Å². The number of hydrogen-bond donors (Lipinski definition) is 2. The highest BCUT2D eigenvalue weighted by atomic mass is 79.9. The van der Waals surface area contributed by atoms with Gasteiger partial charge >= 0.3 is 0 Å². The fourth-order valence-corrected chi connectivity index (χ4v) is 2.67. The first-order valence-corrected chi connectivity index (χ1v) is 6.35. The van der Waals surface area contributed by atoms with Gasteiger partial charge in [0.15, 0.2) is 0 Å². The summed E-state index contributed by atoms with van der Waals surface area (Å²) in [6.07, 6.45) is 4.84. The van der Waals surface area contributed by atoms with Gasteiger partial charge in [0.1, 0.15) is 16.2 Å². The summed E-state index contributed by atoms with van der Waals surface area (Å²) in [5.74, 6) is -0.466. The topological polar surface area (TPSA) is 73.1 Å². The van der Waals surface area contributed by atoms with Crippen molar-refractivity contribution in [1.82, 2.24) is 5.32 Å². The molecule has 6 heteroatoms. The Morgan fingerprint density at radius 3 is 2.88 bits per heavy atom. The van der Waals surface area contributed by atoms with Gasteiger partial charge in [-0.3, -0.25) is 4.79 Å². The van der Waals surface area contributed by atoms with E-state index in [-0.39, 0.29) is 5.57 Å². The van der Waals surface area contributed by atoms with Crippen LogP contribution in [0, 0.1) is 11.3 Å². The molecular formula is C11H10Br2N2O2. The van der Waals surface area contributed by atoms with Crippen LogP contribution in [0.5, 0.6) is 0 Å². The van der Waals surface area contributed by atoms with Crippen LogP contribution in [-0.2, 0) is 4.79 Å². The molecule has 1 amide bonds. The maximum absolute atomic E-state index is 11.6. The first-order chi connectivity index (χ1) is 7.89. The zero-order valence-electron chi connectivity index (χ0n) is 9.00. The predicted molar refractivity (Wildman–Crippen MR) is 71.1 cm³/mol. The van der Waals surface area contributed by atoms with E-state index < -0.39 is 10.4 Å². The van der Waals surface area contributed by atoms with Gasteiger partial charge in [-0.25, -0.2) is 0 Å². The van der Waals surface area contributed by atoms with Gasteiger partial charge in [0, 0.05) is 10.9 Å². The van der Waals surface area contributed by atoms with Crippen LogP contribution in [0.2, 0.25) is 0 Å². The average Bonchev–Trinajstić information content (AvgIpc) is 2.23. The normalized spacial score (nSPS) is 24.5. The van der Waals surface area contributed by atoms with Gasteiger partial charge in [-0.2, -0.15) is 5.26 Å². The molecule has 1 unspecified atom stereocenters. The van der Waals surface area contributed by atoms with Crippen LogP contribution in [0.1, 0.15) is 13.3 Å². The molecule has 1 aliphatic carbocycles. The summed E-state index contributed by atoms with van der Waals surface area (Å²) in [4.78, 5) is 11.6. The molecule has 1 rings (SSSR count). The number of nitrogens with zero attached hydrogens (tertiary/aromatic N) is 1. The third-order valence-corrected chi connectivity index (χ3v) is 3.35. The first kappa shape index (κ1) is 14.2. The largest absolute Gasteiger partial charge is 0.375 e. The third kappa shape index (κ3) is 3.80. The van der Waals surface area contributed by atoms with E-state index in [1.807, 2.05) is 0 Å². The van der Waals surface area contributed by atoms with Gasteiger partial charge < -0.3 is 10.4 Å². The third-order valence-electron chi connectivity index (χ3n) is 2.10. The Morgan fingerprint density at radius 1 is 1.76 bits per heavy atom. The van der Waals surface area contributed by atoms with Crippen LogP contribution >= 0.6 is 31.9 Å². The fourth-order valence-electron chi connectivity index (χ4n) is 1.22. The number of nitriles is 1. The number of carbonyl (C=O) groups is 1. The quantitative estimate of drug-likeness (QED) is 0.450. The molecule has 0 bridgehead atoms. The molecular weight excluding hydrogens is 352 g/mol. The molecule has 0 saturated heterocycles. The molecule has 90 valence electrons. The highest BCUT2D eigenvalue weighted by molar-refractivity contribution is 9.12. The molecule has 0 radical (unpaired) electrons.